The van der Waals surface area contributed by atoms with Gasteiger partial charge in [-0.15, -0.1) is 0 Å². The van der Waals surface area contributed by atoms with Crippen molar-refractivity contribution < 1.29 is 14.4 Å². The van der Waals surface area contributed by atoms with Gasteiger partial charge in [-0.05, 0) is 12.0 Å². The summed E-state index contributed by atoms with van der Waals surface area (Å²) in [5, 5.41) is 0. The molecule has 0 radical (unpaired) electrons. The molecule has 1 aliphatic carbocycles. The quantitative estimate of drug-likeness (QED) is 0.695. The molecule has 0 spiro atoms. The molecule has 0 aromatic heterocycles. The van der Waals surface area contributed by atoms with Crippen molar-refractivity contribution in [3.63, 3.8) is 0 Å². The lowest BCUT2D eigenvalue weighted by Gasteiger charge is -2.21. The number of hydrogen-bond acceptors (Lipinski definition) is 3. The van der Waals surface area contributed by atoms with Crippen LogP contribution in [0, 0.1) is 5.92 Å². The van der Waals surface area contributed by atoms with Gasteiger partial charge in [-0.3, -0.25) is 14.4 Å². The summed E-state index contributed by atoms with van der Waals surface area (Å²) in [7, 11) is 0. The van der Waals surface area contributed by atoms with E-state index in [0.717, 1.165) is 18.4 Å². The predicted octanol–water partition coefficient (Wildman–Crippen LogP) is 4.62. The van der Waals surface area contributed by atoms with E-state index < -0.39 is 11.8 Å². The first-order chi connectivity index (χ1) is 12.1. The third kappa shape index (κ3) is 3.46. The molecular weight excluding hydrogens is 312 g/mol. The fourth-order valence-corrected chi connectivity index (χ4v) is 3.58. The number of hydrogen-bond donors (Lipinski definition) is 0. The van der Waals surface area contributed by atoms with Gasteiger partial charge in [0, 0.05) is 29.9 Å². The van der Waals surface area contributed by atoms with Crippen LogP contribution in [-0.4, -0.2) is 17.3 Å². The van der Waals surface area contributed by atoms with E-state index in [1.165, 1.54) is 0 Å². The maximum atomic E-state index is 12.9. The van der Waals surface area contributed by atoms with Crippen molar-refractivity contribution in [2.45, 2.75) is 38.5 Å². The second-order valence-corrected chi connectivity index (χ2v) is 6.62. The molecule has 0 amide bonds. The summed E-state index contributed by atoms with van der Waals surface area (Å²) in [4.78, 5) is 38.2. The van der Waals surface area contributed by atoms with Crippen LogP contribution in [0.15, 0.2) is 54.6 Å². The van der Waals surface area contributed by atoms with Gasteiger partial charge in [-0.1, -0.05) is 67.9 Å². The molecule has 2 aromatic rings. The van der Waals surface area contributed by atoms with Gasteiger partial charge in [-0.25, -0.2) is 0 Å². The Balaban J connectivity index is 1.94. The minimum absolute atomic E-state index is 0.118. The average molecular weight is 334 g/mol. The molecule has 0 saturated heterocycles. The number of benzene rings is 2. The largest absolute Gasteiger partial charge is 0.300 e. The molecule has 1 aliphatic rings. The van der Waals surface area contributed by atoms with Crippen LogP contribution in [0.1, 0.15) is 64.8 Å². The third-order valence-corrected chi connectivity index (χ3v) is 4.91. The minimum atomic E-state index is -0.787. The summed E-state index contributed by atoms with van der Waals surface area (Å²) >= 11 is 0. The topological polar surface area (TPSA) is 51.2 Å². The Kier molecular flexibility index (Phi) is 5.22. The molecular formula is C22H22O3. The molecule has 1 atom stereocenters. The van der Waals surface area contributed by atoms with E-state index in [1.54, 1.807) is 24.3 Å². The number of ketones is 3. The maximum absolute atomic E-state index is 12.9. The Morgan fingerprint density at radius 3 is 2.04 bits per heavy atom. The highest BCUT2D eigenvalue weighted by molar-refractivity contribution is 6.27. The molecule has 0 N–H and O–H groups in total. The van der Waals surface area contributed by atoms with Crippen molar-refractivity contribution in [3.05, 3.63) is 71.3 Å². The number of carbonyl (C=O) groups is 3. The zero-order chi connectivity index (χ0) is 17.8. The Morgan fingerprint density at radius 1 is 0.920 bits per heavy atom. The van der Waals surface area contributed by atoms with Crippen molar-refractivity contribution in [1.29, 1.82) is 0 Å². The van der Waals surface area contributed by atoms with Crippen LogP contribution in [0.4, 0.5) is 0 Å². The van der Waals surface area contributed by atoms with Crippen LogP contribution in [0.5, 0.6) is 0 Å². The Labute approximate surface area is 148 Å². The van der Waals surface area contributed by atoms with Gasteiger partial charge in [0.2, 0.25) is 0 Å². The van der Waals surface area contributed by atoms with Crippen molar-refractivity contribution >= 4 is 17.3 Å². The van der Waals surface area contributed by atoms with E-state index >= 15 is 0 Å². The lowest BCUT2D eigenvalue weighted by molar-refractivity contribution is -0.119. The molecule has 1 unspecified atom stereocenters. The van der Waals surface area contributed by atoms with Crippen LogP contribution in [0.3, 0.4) is 0 Å². The summed E-state index contributed by atoms with van der Waals surface area (Å²) in [5.74, 6) is -1.37. The maximum Gasteiger partial charge on any atom is 0.175 e. The second-order valence-electron chi connectivity index (χ2n) is 6.62. The first-order valence-corrected chi connectivity index (χ1v) is 8.87. The number of Topliss-reactive ketones (excluding diaryl/α,β-unsaturated/α-hetero) is 3. The highest BCUT2D eigenvalue weighted by Crippen LogP contribution is 2.39. The van der Waals surface area contributed by atoms with Crippen LogP contribution >= 0.6 is 0 Å². The highest BCUT2D eigenvalue weighted by Gasteiger charge is 2.44. The van der Waals surface area contributed by atoms with E-state index in [2.05, 4.69) is 0 Å². The fraction of sp³-hybridized carbons (Fsp3) is 0.318. The average Bonchev–Trinajstić information content (AvgIpc) is 2.90. The van der Waals surface area contributed by atoms with Crippen molar-refractivity contribution in [1.82, 2.24) is 0 Å². The third-order valence-electron chi connectivity index (χ3n) is 4.91. The lowest BCUT2D eigenvalue weighted by Crippen LogP contribution is -2.26. The van der Waals surface area contributed by atoms with Crippen LogP contribution in [0.2, 0.25) is 0 Å². The zero-order valence-electron chi connectivity index (χ0n) is 14.4. The summed E-state index contributed by atoms with van der Waals surface area (Å²) in [6.07, 6.45) is 2.53. The van der Waals surface area contributed by atoms with Gasteiger partial charge in [0.15, 0.2) is 11.6 Å². The molecule has 2 aromatic carbocycles. The standard InChI is InChI=1S/C22H22O3/c1-2-3-11-16(23)14-19(15-9-5-4-6-10-15)20-21(24)17-12-7-8-13-18(17)22(20)25/h4-10,12-13,19-20H,2-3,11,14H2,1H3. The molecule has 0 saturated carbocycles. The van der Waals surface area contributed by atoms with Gasteiger partial charge < -0.3 is 0 Å². The first kappa shape index (κ1) is 17.3. The van der Waals surface area contributed by atoms with Crippen LogP contribution < -0.4 is 0 Å². The summed E-state index contributed by atoms with van der Waals surface area (Å²) in [5.41, 5.74) is 1.85. The zero-order valence-corrected chi connectivity index (χ0v) is 14.4. The van der Waals surface area contributed by atoms with Crippen LogP contribution in [-0.2, 0) is 4.79 Å². The molecule has 128 valence electrons. The van der Waals surface area contributed by atoms with Gasteiger partial charge in [-0.2, -0.15) is 0 Å². The molecule has 0 bridgehead atoms. The van der Waals surface area contributed by atoms with Crippen molar-refractivity contribution in [3.8, 4) is 0 Å². The number of unbranched alkanes of at least 4 members (excludes halogenated alkanes) is 1. The van der Waals surface area contributed by atoms with E-state index in [0.29, 0.717) is 17.5 Å². The lowest BCUT2D eigenvalue weighted by atomic mass is 9.79. The summed E-state index contributed by atoms with van der Waals surface area (Å²) < 4.78 is 0. The summed E-state index contributed by atoms with van der Waals surface area (Å²) in [6, 6.07) is 16.4. The molecule has 3 nitrogen and oxygen atoms in total. The van der Waals surface area contributed by atoms with Crippen LogP contribution in [0.25, 0.3) is 0 Å². The van der Waals surface area contributed by atoms with Crippen molar-refractivity contribution in [2.75, 3.05) is 0 Å². The van der Waals surface area contributed by atoms with Gasteiger partial charge >= 0.3 is 0 Å². The summed E-state index contributed by atoms with van der Waals surface area (Å²) in [6.45, 7) is 2.04. The monoisotopic (exact) mass is 334 g/mol. The number of carbonyl (C=O) groups excluding carboxylic acids is 3. The van der Waals surface area contributed by atoms with E-state index in [9.17, 15) is 14.4 Å². The SMILES string of the molecule is CCCCC(=O)CC(c1ccccc1)C1C(=O)c2ccccc2C1=O. The highest BCUT2D eigenvalue weighted by atomic mass is 16.2. The van der Waals surface area contributed by atoms with E-state index in [1.807, 2.05) is 37.3 Å². The van der Waals surface area contributed by atoms with Gasteiger partial charge in [0.1, 0.15) is 5.78 Å². The number of fused-ring (bicyclic) bond motifs is 1. The molecule has 0 fully saturated rings. The van der Waals surface area contributed by atoms with Crippen molar-refractivity contribution in [2.24, 2.45) is 5.92 Å². The molecule has 0 aliphatic heterocycles. The van der Waals surface area contributed by atoms with E-state index in [4.69, 9.17) is 0 Å². The molecule has 25 heavy (non-hydrogen) atoms. The Bertz CT molecular complexity index is 757. The Hall–Kier alpha value is -2.55. The first-order valence-electron chi connectivity index (χ1n) is 8.87. The predicted molar refractivity (Wildman–Crippen MR) is 96.9 cm³/mol. The molecule has 3 rings (SSSR count). The normalized spacial score (nSPS) is 15.2. The smallest absolute Gasteiger partial charge is 0.175 e. The molecule has 0 heterocycles. The van der Waals surface area contributed by atoms with Gasteiger partial charge in [0.05, 0.1) is 5.92 Å². The fourth-order valence-electron chi connectivity index (χ4n) is 3.58. The van der Waals surface area contributed by atoms with E-state index in [-0.39, 0.29) is 23.8 Å². The number of rotatable bonds is 7. The second kappa shape index (κ2) is 7.56. The minimum Gasteiger partial charge on any atom is -0.300 e. The molecule has 3 heteroatoms. The van der Waals surface area contributed by atoms with Gasteiger partial charge in [0.25, 0.3) is 0 Å². The Morgan fingerprint density at radius 2 is 1.48 bits per heavy atom.